The Morgan fingerprint density at radius 3 is 2.43 bits per heavy atom. The van der Waals surface area contributed by atoms with Gasteiger partial charge in [-0.2, -0.15) is 0 Å². The number of rotatable bonds is 5. The Labute approximate surface area is 134 Å². The van der Waals surface area contributed by atoms with E-state index in [9.17, 15) is 4.79 Å². The number of ether oxygens (including phenoxy) is 1. The second-order valence-corrected chi connectivity index (χ2v) is 6.63. The van der Waals surface area contributed by atoms with Gasteiger partial charge in [0, 0.05) is 46.4 Å². The molecule has 124 valence electrons. The maximum Gasteiger partial charge on any atom is 0.232 e. The molecule has 0 aromatic rings. The van der Waals surface area contributed by atoms with E-state index in [0.717, 1.165) is 52.2 Å². The molecule has 2 heterocycles. The van der Waals surface area contributed by atoms with Gasteiger partial charge in [-0.25, -0.2) is 0 Å². The lowest BCUT2D eigenvalue weighted by molar-refractivity contribution is -0.146. The maximum absolute atomic E-state index is 12.8. The number of piperazine rings is 1. The summed E-state index contributed by atoms with van der Waals surface area (Å²) in [4.78, 5) is 17.3. The SMILES string of the molecule is COCC1(C(=O)N2CCN(CC(C)C)CC2)CCNC1.Cl. The van der Waals surface area contributed by atoms with Crippen LogP contribution in [0.25, 0.3) is 0 Å². The number of nitrogens with zero attached hydrogens (tertiary/aromatic N) is 2. The highest BCUT2D eigenvalue weighted by molar-refractivity contribution is 5.85. The van der Waals surface area contributed by atoms with Gasteiger partial charge in [-0.1, -0.05) is 13.8 Å². The molecule has 2 saturated heterocycles. The maximum atomic E-state index is 12.8. The van der Waals surface area contributed by atoms with E-state index in [1.807, 2.05) is 4.90 Å². The summed E-state index contributed by atoms with van der Waals surface area (Å²) < 4.78 is 5.32. The van der Waals surface area contributed by atoms with Crippen LogP contribution in [0, 0.1) is 11.3 Å². The van der Waals surface area contributed by atoms with E-state index in [2.05, 4.69) is 24.1 Å². The number of carbonyl (C=O) groups is 1. The van der Waals surface area contributed by atoms with Gasteiger partial charge in [0.05, 0.1) is 12.0 Å². The fourth-order valence-corrected chi connectivity index (χ4v) is 3.37. The first-order valence-corrected chi connectivity index (χ1v) is 7.79. The lowest BCUT2D eigenvalue weighted by Gasteiger charge is -2.39. The Bertz CT molecular complexity index is 325. The van der Waals surface area contributed by atoms with E-state index in [1.54, 1.807) is 7.11 Å². The van der Waals surface area contributed by atoms with Gasteiger partial charge in [-0.15, -0.1) is 12.4 Å². The molecule has 0 aliphatic carbocycles. The molecule has 0 spiro atoms. The third-order valence-electron chi connectivity index (χ3n) is 4.40. The predicted molar refractivity (Wildman–Crippen MR) is 86.9 cm³/mol. The van der Waals surface area contributed by atoms with Crippen molar-refractivity contribution in [2.75, 3.05) is 59.5 Å². The van der Waals surface area contributed by atoms with Crippen molar-refractivity contribution < 1.29 is 9.53 Å². The van der Waals surface area contributed by atoms with Gasteiger partial charge in [0.1, 0.15) is 0 Å². The molecule has 2 fully saturated rings. The van der Waals surface area contributed by atoms with E-state index < -0.39 is 0 Å². The molecule has 1 N–H and O–H groups in total. The Balaban J connectivity index is 0.00000220. The summed E-state index contributed by atoms with van der Waals surface area (Å²) in [5, 5.41) is 3.31. The number of carbonyl (C=O) groups excluding carboxylic acids is 1. The highest BCUT2D eigenvalue weighted by Crippen LogP contribution is 2.29. The zero-order valence-corrected chi connectivity index (χ0v) is 14.4. The molecule has 0 aromatic carbocycles. The van der Waals surface area contributed by atoms with Crippen LogP contribution in [-0.4, -0.2) is 75.2 Å². The molecule has 2 aliphatic rings. The van der Waals surface area contributed by atoms with E-state index >= 15 is 0 Å². The lowest BCUT2D eigenvalue weighted by atomic mass is 9.86. The fourth-order valence-electron chi connectivity index (χ4n) is 3.37. The number of nitrogens with one attached hydrogen (secondary N) is 1. The summed E-state index contributed by atoms with van der Waals surface area (Å²) in [7, 11) is 1.69. The molecular weight excluding hydrogens is 290 g/mol. The van der Waals surface area contributed by atoms with Crippen LogP contribution in [0.3, 0.4) is 0 Å². The second-order valence-electron chi connectivity index (χ2n) is 6.63. The van der Waals surface area contributed by atoms with E-state index in [0.29, 0.717) is 12.5 Å². The third-order valence-corrected chi connectivity index (χ3v) is 4.40. The van der Waals surface area contributed by atoms with Crippen LogP contribution < -0.4 is 5.32 Å². The summed E-state index contributed by atoms with van der Waals surface area (Å²) in [5.74, 6) is 0.977. The molecular formula is C15H30ClN3O2. The van der Waals surface area contributed by atoms with Crippen molar-refractivity contribution in [2.24, 2.45) is 11.3 Å². The molecule has 1 amide bonds. The topological polar surface area (TPSA) is 44.8 Å². The van der Waals surface area contributed by atoms with Gasteiger partial charge in [-0.3, -0.25) is 9.69 Å². The Morgan fingerprint density at radius 1 is 1.29 bits per heavy atom. The standard InChI is InChI=1S/C15H29N3O2.ClH/c1-13(2)10-17-6-8-18(9-7-17)14(19)15(12-20-3)4-5-16-11-15;/h13,16H,4-12H2,1-3H3;1H. The average Bonchev–Trinajstić information content (AvgIpc) is 2.88. The first-order valence-electron chi connectivity index (χ1n) is 7.79. The van der Waals surface area contributed by atoms with Crippen molar-refractivity contribution in [1.29, 1.82) is 0 Å². The minimum Gasteiger partial charge on any atom is -0.384 e. The number of hydrogen-bond donors (Lipinski definition) is 1. The summed E-state index contributed by atoms with van der Waals surface area (Å²) in [5.41, 5.74) is -0.324. The lowest BCUT2D eigenvalue weighted by Crippen LogP contribution is -2.55. The largest absolute Gasteiger partial charge is 0.384 e. The average molecular weight is 320 g/mol. The van der Waals surface area contributed by atoms with Crippen LogP contribution in [-0.2, 0) is 9.53 Å². The van der Waals surface area contributed by atoms with Gasteiger partial charge in [-0.05, 0) is 18.9 Å². The van der Waals surface area contributed by atoms with Gasteiger partial charge < -0.3 is 15.0 Å². The van der Waals surface area contributed by atoms with E-state index in [1.165, 1.54) is 0 Å². The zero-order valence-electron chi connectivity index (χ0n) is 13.6. The highest BCUT2D eigenvalue weighted by atomic mass is 35.5. The molecule has 21 heavy (non-hydrogen) atoms. The molecule has 2 aliphatic heterocycles. The monoisotopic (exact) mass is 319 g/mol. The van der Waals surface area contributed by atoms with Crippen LogP contribution in [0.15, 0.2) is 0 Å². The van der Waals surface area contributed by atoms with Crippen LogP contribution in [0.5, 0.6) is 0 Å². The predicted octanol–water partition coefficient (Wildman–Crippen LogP) is 0.835. The summed E-state index contributed by atoms with van der Waals surface area (Å²) in [6.07, 6.45) is 0.895. The van der Waals surface area contributed by atoms with Crippen molar-refractivity contribution >= 4 is 18.3 Å². The zero-order chi connectivity index (χ0) is 14.6. The van der Waals surface area contributed by atoms with Crippen molar-refractivity contribution in [3.8, 4) is 0 Å². The normalized spacial score (nSPS) is 27.0. The van der Waals surface area contributed by atoms with Crippen LogP contribution in [0.2, 0.25) is 0 Å². The quantitative estimate of drug-likeness (QED) is 0.815. The summed E-state index contributed by atoms with van der Waals surface area (Å²) in [6, 6.07) is 0. The van der Waals surface area contributed by atoms with Gasteiger partial charge in [0.2, 0.25) is 5.91 Å². The molecule has 0 radical (unpaired) electrons. The first kappa shape index (κ1) is 18.7. The van der Waals surface area contributed by atoms with Gasteiger partial charge in [0.25, 0.3) is 0 Å². The van der Waals surface area contributed by atoms with Crippen LogP contribution in [0.1, 0.15) is 20.3 Å². The minimum absolute atomic E-state index is 0. The Morgan fingerprint density at radius 2 is 1.95 bits per heavy atom. The van der Waals surface area contributed by atoms with Crippen molar-refractivity contribution in [2.45, 2.75) is 20.3 Å². The molecule has 1 atom stereocenters. The smallest absolute Gasteiger partial charge is 0.232 e. The molecule has 0 bridgehead atoms. The van der Waals surface area contributed by atoms with Gasteiger partial charge in [0.15, 0.2) is 0 Å². The first-order chi connectivity index (χ1) is 9.57. The van der Waals surface area contributed by atoms with Crippen molar-refractivity contribution in [3.05, 3.63) is 0 Å². The second kappa shape index (κ2) is 8.32. The number of hydrogen-bond acceptors (Lipinski definition) is 4. The fraction of sp³-hybridized carbons (Fsp3) is 0.933. The Hall–Kier alpha value is -0.360. The highest BCUT2D eigenvalue weighted by Gasteiger charge is 2.44. The number of methoxy groups -OCH3 is 1. The van der Waals surface area contributed by atoms with Crippen LogP contribution in [0.4, 0.5) is 0 Å². The van der Waals surface area contributed by atoms with Crippen molar-refractivity contribution in [3.63, 3.8) is 0 Å². The molecule has 5 nitrogen and oxygen atoms in total. The Kier molecular flexibility index (Phi) is 7.40. The molecule has 0 aromatic heterocycles. The third kappa shape index (κ3) is 4.55. The van der Waals surface area contributed by atoms with Crippen LogP contribution >= 0.6 is 12.4 Å². The minimum atomic E-state index is -0.324. The molecule has 1 unspecified atom stereocenters. The van der Waals surface area contributed by atoms with E-state index in [-0.39, 0.29) is 23.7 Å². The summed E-state index contributed by atoms with van der Waals surface area (Å²) >= 11 is 0. The summed E-state index contributed by atoms with van der Waals surface area (Å²) in [6.45, 7) is 11.5. The van der Waals surface area contributed by atoms with Gasteiger partial charge >= 0.3 is 0 Å². The molecule has 6 heteroatoms. The van der Waals surface area contributed by atoms with Crippen molar-refractivity contribution in [1.82, 2.24) is 15.1 Å². The number of amides is 1. The molecule has 2 rings (SSSR count). The number of halogens is 1. The van der Waals surface area contributed by atoms with E-state index in [4.69, 9.17) is 4.74 Å². The molecule has 0 saturated carbocycles.